The maximum absolute atomic E-state index is 17.6. The largest absolute Gasteiger partial charge is 0.386 e. The molecule has 6 atom stereocenters. The Bertz CT molecular complexity index is 2730. The second-order valence-corrected chi connectivity index (χ2v) is 23.8. The summed E-state index contributed by atoms with van der Waals surface area (Å²) >= 11 is 0. The van der Waals surface area contributed by atoms with Gasteiger partial charge in [0.05, 0.1) is 0 Å². The van der Waals surface area contributed by atoms with Gasteiger partial charge in [-0.25, -0.2) is 0 Å². The number of rotatable bonds is 16. The molecule has 0 aliphatic heterocycles. The Kier molecular flexibility index (Phi) is 13.2. The zero-order chi connectivity index (χ0) is 46.7. The van der Waals surface area contributed by atoms with Gasteiger partial charge in [0.15, 0.2) is 22.1 Å². The van der Waals surface area contributed by atoms with Crippen molar-refractivity contribution in [3.8, 4) is 0 Å². The Morgan fingerprint density at radius 2 is 0.667 bits per heavy atom. The normalized spacial score (nSPS) is 25.5. The van der Waals surface area contributed by atoms with Crippen LogP contribution in [0.4, 0.5) is 0 Å². The molecule has 7 aromatic rings. The van der Waals surface area contributed by atoms with Crippen LogP contribution in [0.3, 0.4) is 0 Å². The zero-order valence-corrected chi connectivity index (χ0v) is 38.1. The molecule has 11 heteroatoms. The molecular formula is C55H54O9P2. The van der Waals surface area contributed by atoms with Crippen LogP contribution < -0.4 is 0 Å². The number of aliphatic hydroxyl groups excluding tert-OH is 1. The molecular weight excluding hydrogens is 867 g/mol. The number of carbonyl (C=O) groups is 1. The van der Waals surface area contributed by atoms with Gasteiger partial charge >= 0.3 is 0 Å². The molecule has 9 nitrogen and oxygen atoms in total. The molecule has 6 N–H and O–H groups in total. The Morgan fingerprint density at radius 1 is 0.394 bits per heavy atom. The lowest BCUT2D eigenvalue weighted by Gasteiger charge is -2.70. The van der Waals surface area contributed by atoms with Gasteiger partial charge in [-0.2, -0.15) is 0 Å². The molecule has 0 aromatic heterocycles. The van der Waals surface area contributed by atoms with Crippen molar-refractivity contribution in [3.63, 3.8) is 0 Å². The molecule has 338 valence electrons. The second-order valence-electron chi connectivity index (χ2n) is 17.7. The molecule has 8 rings (SSSR count). The molecule has 0 heterocycles. The number of carbonyl (C=O) groups excluding carboxylic acids is 1. The zero-order valence-electron chi connectivity index (χ0n) is 36.3. The fourth-order valence-electron chi connectivity index (χ4n) is 10.4. The maximum Gasteiger partial charge on any atom is 0.200 e. The van der Waals surface area contributed by atoms with Crippen LogP contribution in [0.1, 0.15) is 43.7 Å². The molecule has 0 saturated heterocycles. The number of hydrogen-bond acceptors (Lipinski definition) is 9. The van der Waals surface area contributed by atoms with E-state index in [0.717, 1.165) is 0 Å². The fraction of sp³-hybridized carbons (Fsp3) is 0.218. The van der Waals surface area contributed by atoms with Crippen LogP contribution in [0.2, 0.25) is 0 Å². The van der Waals surface area contributed by atoms with Crippen molar-refractivity contribution >= 4 is 20.1 Å². The fourth-order valence-corrected chi connectivity index (χ4v) is 19.1. The molecule has 0 spiro atoms. The van der Waals surface area contributed by atoms with Gasteiger partial charge < -0.3 is 39.8 Å². The summed E-state index contributed by atoms with van der Waals surface area (Å²) in [4.78, 5) is 15.6. The number of aliphatic hydroxyl groups is 6. The van der Waals surface area contributed by atoms with E-state index in [-0.39, 0.29) is 16.7 Å². The molecule has 1 saturated carbocycles. The number of ketones is 1. The third-order valence-electron chi connectivity index (χ3n) is 13.4. The number of Topliss-reactive ketones (excluding diaryl/α,β-unsaturated/α-hetero) is 1. The quantitative estimate of drug-likeness (QED) is 0.0409. The van der Waals surface area contributed by atoms with Gasteiger partial charge in [0, 0.05) is 43.1 Å². The van der Waals surface area contributed by atoms with Gasteiger partial charge in [0.25, 0.3) is 0 Å². The van der Waals surface area contributed by atoms with Crippen LogP contribution in [-0.2, 0) is 46.6 Å². The number of hydrogen-bond donors (Lipinski definition) is 6. The summed E-state index contributed by atoms with van der Waals surface area (Å²) in [6.45, 7) is 0. The molecule has 0 radical (unpaired) electrons. The van der Waals surface area contributed by atoms with Crippen molar-refractivity contribution < 1.29 is 44.6 Å². The first-order valence-electron chi connectivity index (χ1n) is 21.9. The first-order valence-corrected chi connectivity index (χ1v) is 26.1. The van der Waals surface area contributed by atoms with Gasteiger partial charge in [0.2, 0.25) is 0 Å². The lowest BCUT2D eigenvalue weighted by Crippen LogP contribution is -2.92. The van der Waals surface area contributed by atoms with E-state index in [0.29, 0.717) is 22.3 Å². The van der Waals surface area contributed by atoms with E-state index in [2.05, 4.69) is 0 Å². The highest BCUT2D eigenvalue weighted by Gasteiger charge is 2.91. The van der Waals surface area contributed by atoms with Gasteiger partial charge in [-0.3, -0.25) is 4.79 Å². The van der Waals surface area contributed by atoms with Crippen LogP contribution in [0.25, 0.3) is 0 Å². The summed E-state index contributed by atoms with van der Waals surface area (Å²) in [6.07, 6.45) is -7.00. The molecule has 7 aromatic carbocycles. The highest BCUT2D eigenvalue weighted by atomic mass is 31.2. The van der Waals surface area contributed by atoms with Crippen molar-refractivity contribution in [2.45, 2.75) is 71.1 Å². The molecule has 1 fully saturated rings. The third-order valence-corrected chi connectivity index (χ3v) is 20.9. The minimum absolute atomic E-state index is 0.188. The van der Waals surface area contributed by atoms with Crippen LogP contribution >= 0.6 is 14.3 Å². The SMILES string of the molecule is O=C(c1ccccc1)[C@@]1(O)[C@H](O)[C@](O)(Cc2ccccc2)[C@@](O)(P(=O)(Cc2ccccc2)Cc2ccccc2)[C@](O)(P(=O)(Cc2ccccc2)Cc2ccccc2)[C@@]1(O)Cc1ccccc1. The second kappa shape index (κ2) is 18.6. The monoisotopic (exact) mass is 920 g/mol. The Balaban J connectivity index is 1.59. The Labute approximate surface area is 385 Å². The Hall–Kier alpha value is -5.57. The molecule has 0 amide bonds. The average Bonchev–Trinajstić information content (AvgIpc) is 3.34. The van der Waals surface area contributed by atoms with Gasteiger partial charge in [-0.15, -0.1) is 0 Å². The van der Waals surface area contributed by atoms with Crippen molar-refractivity contribution in [3.05, 3.63) is 251 Å². The first kappa shape index (κ1) is 46.9. The lowest BCUT2D eigenvalue weighted by molar-refractivity contribution is -0.351. The third kappa shape index (κ3) is 7.88. The van der Waals surface area contributed by atoms with E-state index in [1.807, 2.05) is 0 Å². The topological polar surface area (TPSA) is 173 Å². The van der Waals surface area contributed by atoms with Crippen LogP contribution in [0.15, 0.2) is 212 Å². The predicted octanol–water partition coefficient (Wildman–Crippen LogP) is 8.83. The molecule has 0 bridgehead atoms. The van der Waals surface area contributed by atoms with Crippen molar-refractivity contribution in [2.75, 3.05) is 0 Å². The summed E-state index contributed by atoms with van der Waals surface area (Å²) in [7, 11) is -10.2. The highest BCUT2D eigenvalue weighted by Crippen LogP contribution is 2.83. The van der Waals surface area contributed by atoms with E-state index in [1.54, 1.807) is 188 Å². The maximum atomic E-state index is 17.6. The smallest absolute Gasteiger partial charge is 0.200 e. The first-order chi connectivity index (χ1) is 31.6. The minimum Gasteiger partial charge on any atom is -0.386 e. The van der Waals surface area contributed by atoms with E-state index >= 15 is 19.0 Å². The predicted molar refractivity (Wildman–Crippen MR) is 258 cm³/mol. The van der Waals surface area contributed by atoms with Gasteiger partial charge in [0.1, 0.15) is 31.6 Å². The molecule has 0 unspecified atom stereocenters. The summed E-state index contributed by atoms with van der Waals surface area (Å²) in [5, 5.41) is 78.3. The van der Waals surface area contributed by atoms with E-state index in [4.69, 9.17) is 0 Å². The van der Waals surface area contributed by atoms with Crippen LogP contribution in [0.5, 0.6) is 0 Å². The average molecular weight is 921 g/mol. The molecule has 1 aliphatic carbocycles. The van der Waals surface area contributed by atoms with Gasteiger partial charge in [-0.1, -0.05) is 212 Å². The van der Waals surface area contributed by atoms with Crippen LogP contribution in [0, 0.1) is 0 Å². The lowest BCUT2D eigenvalue weighted by atomic mass is 9.55. The summed E-state index contributed by atoms with van der Waals surface area (Å²) < 4.78 is 35.0. The summed E-state index contributed by atoms with van der Waals surface area (Å²) in [6, 6.07) is 57.2. The standard InChI is InChI=1S/C55H54O9P2/c56-49(48-34-20-7-21-35-48)53(60)50(57)51(58,36-42-22-8-1-9-23-42)54(61,65(63,38-44-26-12-3-13-27-44)39-45-28-14-4-15-29-45)55(62,52(53,59)37-43-24-10-2-11-25-43)66(64,40-46-30-16-5-17-31-46)41-47-32-18-6-19-33-47/h1-35,50,57-62H,36-41H2/t50-,51-,52-,53-,54-,55-/m1/s1. The number of benzene rings is 7. The van der Waals surface area contributed by atoms with Crippen LogP contribution in [-0.4, -0.2) is 70.0 Å². The van der Waals surface area contributed by atoms with Crippen molar-refractivity contribution in [2.24, 2.45) is 0 Å². The van der Waals surface area contributed by atoms with E-state index in [9.17, 15) is 25.5 Å². The van der Waals surface area contributed by atoms with Crippen molar-refractivity contribution in [1.82, 2.24) is 0 Å². The highest BCUT2D eigenvalue weighted by molar-refractivity contribution is 7.68. The van der Waals surface area contributed by atoms with E-state index < -0.39 is 91.1 Å². The summed E-state index contributed by atoms with van der Waals surface area (Å²) in [5.41, 5.74) is -9.06. The van der Waals surface area contributed by atoms with Crippen molar-refractivity contribution in [1.29, 1.82) is 0 Å². The van der Waals surface area contributed by atoms with E-state index in [1.165, 1.54) is 24.3 Å². The summed E-state index contributed by atoms with van der Waals surface area (Å²) in [5.74, 6) is -1.34. The molecule has 66 heavy (non-hydrogen) atoms. The molecule has 1 aliphatic rings. The Morgan fingerprint density at radius 3 is 1.00 bits per heavy atom. The van der Waals surface area contributed by atoms with Gasteiger partial charge in [-0.05, 0) is 33.4 Å². The minimum atomic E-state index is -5.16.